The summed E-state index contributed by atoms with van der Waals surface area (Å²) in [5.74, 6) is 0.193. The highest BCUT2D eigenvalue weighted by molar-refractivity contribution is 5.81. The summed E-state index contributed by atoms with van der Waals surface area (Å²) >= 11 is 0. The van der Waals surface area contributed by atoms with Gasteiger partial charge in [-0.15, -0.1) is 0 Å². The second kappa shape index (κ2) is 2.69. The third-order valence-electron chi connectivity index (χ3n) is 3.20. The number of nitrogens with zero attached hydrogens (tertiary/aromatic N) is 1. The van der Waals surface area contributed by atoms with E-state index in [1.807, 2.05) is 11.8 Å². The molecule has 74 valence electrons. The van der Waals surface area contributed by atoms with E-state index >= 15 is 0 Å². The van der Waals surface area contributed by atoms with Crippen molar-refractivity contribution in [3.05, 3.63) is 0 Å². The zero-order chi connectivity index (χ0) is 9.64. The van der Waals surface area contributed by atoms with Crippen LogP contribution in [0.15, 0.2) is 0 Å². The van der Waals surface area contributed by atoms with Gasteiger partial charge in [0.25, 0.3) is 0 Å². The first kappa shape index (κ1) is 8.97. The minimum atomic E-state index is -0.101. The maximum Gasteiger partial charge on any atom is 0.238 e. The summed E-state index contributed by atoms with van der Waals surface area (Å²) in [6.07, 6.45) is 1.12. The summed E-state index contributed by atoms with van der Waals surface area (Å²) in [5, 5.41) is 3.12. The predicted molar refractivity (Wildman–Crippen MR) is 48.1 cm³/mol. The molecular weight excluding hydrogens is 168 g/mol. The highest BCUT2D eigenvalue weighted by Gasteiger charge is 2.57. The molecule has 13 heavy (non-hydrogen) atoms. The second-order valence-corrected chi connectivity index (χ2v) is 4.09. The van der Waals surface area contributed by atoms with E-state index < -0.39 is 0 Å². The van der Waals surface area contributed by atoms with Gasteiger partial charge in [0.2, 0.25) is 5.91 Å². The number of rotatable bonds is 2. The van der Waals surface area contributed by atoms with E-state index in [0.717, 1.165) is 6.42 Å². The molecule has 0 aromatic heterocycles. The average Bonchev–Trinajstić information content (AvgIpc) is 2.65. The van der Waals surface area contributed by atoms with Gasteiger partial charge in [0.1, 0.15) is 0 Å². The highest BCUT2D eigenvalue weighted by Crippen LogP contribution is 2.44. The minimum absolute atomic E-state index is 0.101. The van der Waals surface area contributed by atoms with E-state index in [-0.39, 0.29) is 23.7 Å². The van der Waals surface area contributed by atoms with E-state index in [1.165, 1.54) is 0 Å². The number of nitrogens with one attached hydrogen (secondary N) is 1. The van der Waals surface area contributed by atoms with Gasteiger partial charge < -0.3 is 9.64 Å². The minimum Gasteiger partial charge on any atom is -0.376 e. The second-order valence-electron chi connectivity index (χ2n) is 4.09. The van der Waals surface area contributed by atoms with E-state index in [4.69, 9.17) is 4.74 Å². The Morgan fingerprint density at radius 2 is 2.38 bits per heavy atom. The van der Waals surface area contributed by atoms with Crippen LogP contribution in [0.3, 0.4) is 0 Å². The van der Waals surface area contributed by atoms with Crippen molar-refractivity contribution >= 4 is 5.91 Å². The lowest BCUT2D eigenvalue weighted by Crippen LogP contribution is -2.40. The quantitative estimate of drug-likeness (QED) is 0.654. The normalized spacial score (nSPS) is 44.2. The van der Waals surface area contributed by atoms with E-state index in [1.54, 1.807) is 7.11 Å². The predicted octanol–water partition coefficient (Wildman–Crippen LogP) is -0.0584. The molecule has 1 N–H and O–H groups in total. The van der Waals surface area contributed by atoms with Gasteiger partial charge in [0.15, 0.2) is 0 Å². The Hall–Kier alpha value is -0.610. The van der Waals surface area contributed by atoms with Crippen LogP contribution >= 0.6 is 0 Å². The van der Waals surface area contributed by atoms with Crippen molar-refractivity contribution in [1.82, 2.24) is 10.2 Å². The van der Waals surface area contributed by atoms with Gasteiger partial charge >= 0.3 is 0 Å². The molecule has 4 nitrogen and oxygen atoms in total. The third kappa shape index (κ3) is 1.25. The lowest BCUT2D eigenvalue weighted by Gasteiger charge is -2.23. The van der Waals surface area contributed by atoms with E-state index in [0.29, 0.717) is 6.54 Å². The first-order valence-corrected chi connectivity index (χ1v) is 4.68. The number of carbonyl (C=O) groups excluding carboxylic acids is 1. The summed E-state index contributed by atoms with van der Waals surface area (Å²) in [6.45, 7) is 4.53. The van der Waals surface area contributed by atoms with Crippen LogP contribution in [0.5, 0.6) is 0 Å². The molecule has 0 aromatic carbocycles. The SMILES string of the molecule is COC1(C)CC1N1C(=O)CNC1C. The van der Waals surface area contributed by atoms with Crippen LogP contribution in [0.1, 0.15) is 20.3 Å². The Morgan fingerprint density at radius 1 is 1.69 bits per heavy atom. The fourth-order valence-corrected chi connectivity index (χ4v) is 2.02. The zero-order valence-electron chi connectivity index (χ0n) is 8.33. The van der Waals surface area contributed by atoms with Crippen LogP contribution in [0.25, 0.3) is 0 Å². The van der Waals surface area contributed by atoms with Crippen LogP contribution in [0.4, 0.5) is 0 Å². The number of methoxy groups -OCH3 is 1. The number of carbonyl (C=O) groups is 1. The third-order valence-corrected chi connectivity index (χ3v) is 3.20. The fourth-order valence-electron chi connectivity index (χ4n) is 2.02. The summed E-state index contributed by atoms with van der Waals surface area (Å²) in [4.78, 5) is 13.4. The Kier molecular flexibility index (Phi) is 1.85. The first-order valence-electron chi connectivity index (χ1n) is 4.68. The molecule has 1 saturated heterocycles. The molecule has 1 aliphatic heterocycles. The highest BCUT2D eigenvalue weighted by atomic mass is 16.5. The maximum atomic E-state index is 11.5. The van der Waals surface area contributed by atoms with Crippen molar-refractivity contribution in [1.29, 1.82) is 0 Å². The summed E-state index contributed by atoms with van der Waals surface area (Å²) in [5.41, 5.74) is -0.101. The maximum absolute atomic E-state index is 11.5. The van der Waals surface area contributed by atoms with Gasteiger partial charge in [-0.25, -0.2) is 0 Å². The standard InChI is InChI=1S/C9H16N2O2/c1-6-10-5-8(12)11(6)7-4-9(7,2)13-3/h6-7,10H,4-5H2,1-3H3. The molecule has 3 unspecified atom stereocenters. The molecule has 3 atom stereocenters. The van der Waals surface area contributed by atoms with Crippen LogP contribution in [0.2, 0.25) is 0 Å². The number of hydrogen-bond acceptors (Lipinski definition) is 3. The van der Waals surface area contributed by atoms with Crippen LogP contribution < -0.4 is 5.32 Å². The molecule has 0 spiro atoms. The smallest absolute Gasteiger partial charge is 0.238 e. The van der Waals surface area contributed by atoms with Crippen LogP contribution in [-0.4, -0.2) is 42.3 Å². The monoisotopic (exact) mass is 184 g/mol. The van der Waals surface area contributed by atoms with Crippen molar-refractivity contribution < 1.29 is 9.53 Å². The van der Waals surface area contributed by atoms with Gasteiger partial charge in [-0.1, -0.05) is 0 Å². The van der Waals surface area contributed by atoms with Crippen molar-refractivity contribution in [3.63, 3.8) is 0 Å². The van der Waals surface area contributed by atoms with E-state index in [2.05, 4.69) is 12.2 Å². The van der Waals surface area contributed by atoms with Crippen molar-refractivity contribution in [3.8, 4) is 0 Å². The zero-order valence-corrected chi connectivity index (χ0v) is 8.33. The van der Waals surface area contributed by atoms with Crippen molar-refractivity contribution in [2.24, 2.45) is 0 Å². The van der Waals surface area contributed by atoms with Gasteiger partial charge in [0, 0.05) is 13.5 Å². The molecular formula is C9H16N2O2. The molecule has 2 fully saturated rings. The summed E-state index contributed by atoms with van der Waals surface area (Å²) in [6, 6.07) is 0.273. The number of ether oxygens (including phenoxy) is 1. The van der Waals surface area contributed by atoms with Gasteiger partial charge in [-0.05, 0) is 13.8 Å². The van der Waals surface area contributed by atoms with Crippen molar-refractivity contribution in [2.75, 3.05) is 13.7 Å². The molecule has 1 heterocycles. The number of amides is 1. The molecule has 0 radical (unpaired) electrons. The average molecular weight is 184 g/mol. The van der Waals surface area contributed by atoms with Crippen LogP contribution in [0, 0.1) is 0 Å². The Balaban J connectivity index is 2.06. The van der Waals surface area contributed by atoms with Gasteiger partial charge in [-0.3, -0.25) is 10.1 Å². The molecule has 1 saturated carbocycles. The largest absolute Gasteiger partial charge is 0.376 e. The first-order chi connectivity index (χ1) is 6.08. The molecule has 2 rings (SSSR count). The Bertz CT molecular complexity index is 244. The Labute approximate surface area is 78.2 Å². The molecule has 1 aliphatic carbocycles. The molecule has 0 bridgehead atoms. The van der Waals surface area contributed by atoms with Crippen LogP contribution in [-0.2, 0) is 9.53 Å². The van der Waals surface area contributed by atoms with Gasteiger partial charge in [0.05, 0.1) is 24.4 Å². The topological polar surface area (TPSA) is 41.6 Å². The summed E-state index contributed by atoms with van der Waals surface area (Å²) in [7, 11) is 1.71. The molecule has 1 amide bonds. The van der Waals surface area contributed by atoms with Gasteiger partial charge in [-0.2, -0.15) is 0 Å². The number of hydrogen-bond donors (Lipinski definition) is 1. The Morgan fingerprint density at radius 3 is 2.77 bits per heavy atom. The fraction of sp³-hybridized carbons (Fsp3) is 0.889. The molecule has 4 heteroatoms. The summed E-state index contributed by atoms with van der Waals surface area (Å²) < 4.78 is 5.35. The molecule has 2 aliphatic rings. The van der Waals surface area contributed by atoms with E-state index in [9.17, 15) is 4.79 Å². The lowest BCUT2D eigenvalue weighted by atomic mass is 10.3. The lowest BCUT2D eigenvalue weighted by molar-refractivity contribution is -0.129. The molecule has 0 aromatic rings. The van der Waals surface area contributed by atoms with Crippen molar-refractivity contribution in [2.45, 2.75) is 38.1 Å².